The zero-order valence-electron chi connectivity index (χ0n) is 15.7. The lowest BCUT2D eigenvalue weighted by molar-refractivity contribution is 0.139. The van der Waals surface area contributed by atoms with Gasteiger partial charge in [0.05, 0.1) is 5.69 Å². The maximum Gasteiger partial charge on any atom is 0.213 e. The first kappa shape index (κ1) is 17.3. The SMILES string of the molecule is Fc1ccc2c(c1)CCCc1nnc([C@H]3CC[C@H](Oc4ccccn4)CC3)n1-2. The molecule has 0 saturated heterocycles. The fourth-order valence-electron chi connectivity index (χ4n) is 4.45. The first-order chi connectivity index (χ1) is 13.8. The molecule has 1 aromatic carbocycles. The fourth-order valence-corrected chi connectivity index (χ4v) is 4.45. The van der Waals surface area contributed by atoms with Gasteiger partial charge in [0.1, 0.15) is 23.6 Å². The number of pyridine rings is 1. The second-order valence-electron chi connectivity index (χ2n) is 7.70. The van der Waals surface area contributed by atoms with Crippen LogP contribution in [0.1, 0.15) is 55.2 Å². The van der Waals surface area contributed by atoms with Gasteiger partial charge in [-0.2, -0.15) is 0 Å². The van der Waals surface area contributed by atoms with Crippen LogP contribution in [0.25, 0.3) is 5.69 Å². The Hall–Kier alpha value is -2.76. The minimum atomic E-state index is -0.177. The summed E-state index contributed by atoms with van der Waals surface area (Å²) in [5, 5.41) is 9.04. The number of hydrogen-bond acceptors (Lipinski definition) is 4. The number of fused-ring (bicyclic) bond motifs is 3. The van der Waals surface area contributed by atoms with Crippen molar-refractivity contribution >= 4 is 0 Å². The topological polar surface area (TPSA) is 52.8 Å². The van der Waals surface area contributed by atoms with Crippen molar-refractivity contribution < 1.29 is 9.13 Å². The molecule has 0 atom stereocenters. The summed E-state index contributed by atoms with van der Waals surface area (Å²) in [4.78, 5) is 4.26. The highest BCUT2D eigenvalue weighted by Crippen LogP contribution is 2.36. The fraction of sp³-hybridized carbons (Fsp3) is 0.409. The van der Waals surface area contributed by atoms with Gasteiger partial charge in [0.15, 0.2) is 0 Å². The van der Waals surface area contributed by atoms with E-state index in [9.17, 15) is 4.39 Å². The molecule has 28 heavy (non-hydrogen) atoms. The smallest absolute Gasteiger partial charge is 0.213 e. The Bertz CT molecular complexity index is 964. The van der Waals surface area contributed by atoms with Crippen LogP contribution in [0.15, 0.2) is 42.6 Å². The molecule has 1 aliphatic carbocycles. The molecule has 144 valence electrons. The molecule has 0 radical (unpaired) electrons. The maximum atomic E-state index is 13.7. The number of halogens is 1. The molecule has 5 nitrogen and oxygen atoms in total. The van der Waals surface area contributed by atoms with Crippen molar-refractivity contribution in [3.63, 3.8) is 0 Å². The van der Waals surface area contributed by atoms with Gasteiger partial charge in [0.2, 0.25) is 5.88 Å². The van der Waals surface area contributed by atoms with Crippen LogP contribution >= 0.6 is 0 Å². The van der Waals surface area contributed by atoms with E-state index < -0.39 is 0 Å². The van der Waals surface area contributed by atoms with Crippen LogP contribution < -0.4 is 4.74 Å². The van der Waals surface area contributed by atoms with E-state index in [2.05, 4.69) is 19.7 Å². The first-order valence-electron chi connectivity index (χ1n) is 10.1. The van der Waals surface area contributed by atoms with Gasteiger partial charge in [0.25, 0.3) is 0 Å². The Morgan fingerprint density at radius 2 is 1.89 bits per heavy atom. The number of benzene rings is 1. The van der Waals surface area contributed by atoms with Gasteiger partial charge >= 0.3 is 0 Å². The summed E-state index contributed by atoms with van der Waals surface area (Å²) in [6, 6.07) is 10.8. The van der Waals surface area contributed by atoms with E-state index in [0.29, 0.717) is 11.8 Å². The van der Waals surface area contributed by atoms with Crippen molar-refractivity contribution in [1.82, 2.24) is 19.7 Å². The average Bonchev–Trinajstić information content (AvgIpc) is 3.05. The molecule has 0 bridgehead atoms. The first-order valence-corrected chi connectivity index (χ1v) is 10.1. The number of rotatable bonds is 3. The lowest BCUT2D eigenvalue weighted by Crippen LogP contribution is -2.25. The zero-order chi connectivity index (χ0) is 18.9. The van der Waals surface area contributed by atoms with Crippen LogP contribution in [-0.4, -0.2) is 25.9 Å². The largest absolute Gasteiger partial charge is 0.474 e. The van der Waals surface area contributed by atoms with Gasteiger partial charge in [-0.1, -0.05) is 6.07 Å². The van der Waals surface area contributed by atoms with Gasteiger partial charge in [-0.3, -0.25) is 4.57 Å². The van der Waals surface area contributed by atoms with E-state index in [4.69, 9.17) is 4.74 Å². The number of aryl methyl sites for hydroxylation is 2. The van der Waals surface area contributed by atoms with E-state index >= 15 is 0 Å². The summed E-state index contributed by atoms with van der Waals surface area (Å²) in [7, 11) is 0. The molecule has 3 heterocycles. The van der Waals surface area contributed by atoms with E-state index in [0.717, 1.165) is 67.8 Å². The predicted octanol–water partition coefficient (Wildman–Crippen LogP) is 4.40. The Morgan fingerprint density at radius 3 is 2.71 bits per heavy atom. The minimum absolute atomic E-state index is 0.177. The van der Waals surface area contributed by atoms with Crippen molar-refractivity contribution in [3.8, 4) is 11.6 Å². The van der Waals surface area contributed by atoms with Crippen molar-refractivity contribution in [2.75, 3.05) is 0 Å². The highest BCUT2D eigenvalue weighted by Gasteiger charge is 2.30. The minimum Gasteiger partial charge on any atom is -0.474 e. The van der Waals surface area contributed by atoms with Crippen LogP contribution in [0, 0.1) is 5.82 Å². The predicted molar refractivity (Wildman–Crippen MR) is 103 cm³/mol. The second-order valence-corrected chi connectivity index (χ2v) is 7.70. The van der Waals surface area contributed by atoms with Crippen molar-refractivity contribution in [2.24, 2.45) is 0 Å². The molecule has 2 aromatic heterocycles. The molecule has 3 aromatic rings. The molecule has 0 N–H and O–H groups in total. The highest BCUT2D eigenvalue weighted by atomic mass is 19.1. The molecule has 1 fully saturated rings. The van der Waals surface area contributed by atoms with E-state index in [-0.39, 0.29) is 11.9 Å². The molecule has 6 heteroatoms. The van der Waals surface area contributed by atoms with E-state index in [1.165, 1.54) is 6.07 Å². The Balaban J connectivity index is 1.37. The molecule has 0 unspecified atom stereocenters. The van der Waals surface area contributed by atoms with Crippen molar-refractivity contribution in [2.45, 2.75) is 57.0 Å². The van der Waals surface area contributed by atoms with Gasteiger partial charge in [-0.05, 0) is 68.4 Å². The Kier molecular flexibility index (Phi) is 4.55. The Morgan fingerprint density at radius 1 is 1.00 bits per heavy atom. The van der Waals surface area contributed by atoms with E-state index in [1.807, 2.05) is 24.3 Å². The monoisotopic (exact) mass is 378 g/mol. The standard InChI is InChI=1S/C22H23FN4O/c23-17-9-12-19-16(14-17)4-3-5-20-25-26-22(27(19)20)15-7-10-18(11-8-15)28-21-6-1-2-13-24-21/h1-2,6,9,12-15,18H,3-5,7-8,10-11H2/t15-,18-. The molecule has 0 spiro atoms. The third kappa shape index (κ3) is 3.28. The van der Waals surface area contributed by atoms with Gasteiger partial charge in [-0.25, -0.2) is 9.37 Å². The number of ether oxygens (including phenoxy) is 1. The molecule has 5 rings (SSSR count). The van der Waals surface area contributed by atoms with Crippen LogP contribution in [0.3, 0.4) is 0 Å². The van der Waals surface area contributed by atoms with E-state index in [1.54, 1.807) is 12.3 Å². The van der Waals surface area contributed by atoms with Crippen molar-refractivity contribution in [3.05, 3.63) is 65.6 Å². The molecule has 2 aliphatic rings. The van der Waals surface area contributed by atoms with Crippen LogP contribution in [-0.2, 0) is 12.8 Å². The van der Waals surface area contributed by atoms with Crippen LogP contribution in [0.4, 0.5) is 4.39 Å². The number of nitrogens with zero attached hydrogens (tertiary/aromatic N) is 4. The summed E-state index contributed by atoms with van der Waals surface area (Å²) >= 11 is 0. The summed E-state index contributed by atoms with van der Waals surface area (Å²) in [5.74, 6) is 2.87. The third-order valence-corrected chi connectivity index (χ3v) is 5.85. The molecule has 0 amide bonds. The summed E-state index contributed by atoms with van der Waals surface area (Å²) in [5.41, 5.74) is 2.09. The highest BCUT2D eigenvalue weighted by molar-refractivity contribution is 5.44. The average molecular weight is 378 g/mol. The maximum absolute atomic E-state index is 13.7. The quantitative estimate of drug-likeness (QED) is 0.678. The number of aromatic nitrogens is 4. The molecule has 1 aliphatic heterocycles. The lowest BCUT2D eigenvalue weighted by Gasteiger charge is -2.28. The molecular formula is C22H23FN4O. The Labute approximate surface area is 163 Å². The molecule has 1 saturated carbocycles. The second kappa shape index (κ2) is 7.34. The van der Waals surface area contributed by atoms with Gasteiger partial charge in [0, 0.05) is 24.6 Å². The van der Waals surface area contributed by atoms with Crippen LogP contribution in [0.5, 0.6) is 5.88 Å². The summed E-state index contributed by atoms with van der Waals surface area (Å²) < 4.78 is 22.0. The van der Waals surface area contributed by atoms with Gasteiger partial charge < -0.3 is 4.74 Å². The normalized spacial score (nSPS) is 21.5. The zero-order valence-corrected chi connectivity index (χ0v) is 15.7. The summed E-state index contributed by atoms with van der Waals surface area (Å²) in [6.45, 7) is 0. The lowest BCUT2D eigenvalue weighted by atomic mass is 9.86. The third-order valence-electron chi connectivity index (χ3n) is 5.85. The van der Waals surface area contributed by atoms with Crippen molar-refractivity contribution in [1.29, 1.82) is 0 Å². The number of hydrogen-bond donors (Lipinski definition) is 0. The van der Waals surface area contributed by atoms with Crippen LogP contribution in [0.2, 0.25) is 0 Å². The molecular weight excluding hydrogens is 355 g/mol. The summed E-state index contributed by atoms with van der Waals surface area (Å²) in [6.07, 6.45) is 8.63. The van der Waals surface area contributed by atoms with Gasteiger partial charge in [-0.15, -0.1) is 10.2 Å².